The Hall–Kier alpha value is -3.32. The van der Waals surface area contributed by atoms with Crippen molar-refractivity contribution in [3.63, 3.8) is 0 Å². The van der Waals surface area contributed by atoms with Crippen LogP contribution in [-0.4, -0.2) is 30.1 Å². The molecule has 2 aromatic heterocycles. The van der Waals surface area contributed by atoms with Gasteiger partial charge in [0.1, 0.15) is 22.2 Å². The van der Waals surface area contributed by atoms with Crippen molar-refractivity contribution in [3.8, 4) is 22.2 Å². The Labute approximate surface area is 159 Å². The third-order valence-electron chi connectivity index (χ3n) is 4.15. The lowest BCUT2D eigenvalue weighted by Crippen LogP contribution is -2.13. The summed E-state index contributed by atoms with van der Waals surface area (Å²) in [5, 5.41) is 6.45. The molecular formula is C20H17N3O3S. The Bertz CT molecular complexity index is 1080. The van der Waals surface area contributed by atoms with Gasteiger partial charge in [0.25, 0.3) is 5.91 Å². The standard InChI is InChI=1S/C20H17N3O3S/c1-25-13-7-8-15(18(10-13)26-2)22-19(24)17-11-27-20(23-17)16-9-12-5-3-4-6-14(12)21-16/h3-11,21H,1-2H3,(H,22,24). The van der Waals surface area contributed by atoms with Crippen molar-refractivity contribution in [3.05, 3.63) is 59.6 Å². The van der Waals surface area contributed by atoms with Gasteiger partial charge >= 0.3 is 0 Å². The molecule has 0 spiro atoms. The van der Waals surface area contributed by atoms with Gasteiger partial charge in [0.15, 0.2) is 0 Å². The Morgan fingerprint density at radius 2 is 1.96 bits per heavy atom. The molecule has 2 N–H and O–H groups in total. The highest BCUT2D eigenvalue weighted by atomic mass is 32.1. The third kappa shape index (κ3) is 3.37. The molecular weight excluding hydrogens is 362 g/mol. The Balaban J connectivity index is 1.57. The average Bonchev–Trinajstić information content (AvgIpc) is 3.35. The first-order valence-corrected chi connectivity index (χ1v) is 9.13. The lowest BCUT2D eigenvalue weighted by atomic mass is 10.2. The van der Waals surface area contributed by atoms with Crippen molar-refractivity contribution < 1.29 is 14.3 Å². The van der Waals surface area contributed by atoms with Gasteiger partial charge in [0.05, 0.1) is 25.6 Å². The summed E-state index contributed by atoms with van der Waals surface area (Å²) in [5.74, 6) is 0.880. The lowest BCUT2D eigenvalue weighted by molar-refractivity contribution is 0.102. The van der Waals surface area contributed by atoms with Crippen molar-refractivity contribution in [2.45, 2.75) is 0 Å². The molecule has 0 aliphatic heterocycles. The summed E-state index contributed by atoms with van der Waals surface area (Å²) in [6, 6.07) is 15.3. The van der Waals surface area contributed by atoms with Gasteiger partial charge in [-0.05, 0) is 24.3 Å². The van der Waals surface area contributed by atoms with Gasteiger partial charge in [-0.15, -0.1) is 11.3 Å². The summed E-state index contributed by atoms with van der Waals surface area (Å²) in [5.41, 5.74) is 2.84. The SMILES string of the molecule is COc1ccc(NC(=O)c2csc(-c3cc4ccccc4[nH]3)n2)c(OC)c1. The predicted molar refractivity (Wildman–Crippen MR) is 107 cm³/mol. The van der Waals surface area contributed by atoms with Crippen LogP contribution in [0.15, 0.2) is 53.9 Å². The zero-order valence-corrected chi connectivity index (χ0v) is 15.6. The maximum Gasteiger partial charge on any atom is 0.275 e. The summed E-state index contributed by atoms with van der Waals surface area (Å²) in [6.45, 7) is 0. The quantitative estimate of drug-likeness (QED) is 0.533. The molecule has 2 aromatic carbocycles. The number of aromatic amines is 1. The third-order valence-corrected chi connectivity index (χ3v) is 5.03. The number of methoxy groups -OCH3 is 2. The van der Waals surface area contributed by atoms with Gasteiger partial charge < -0.3 is 19.8 Å². The highest BCUT2D eigenvalue weighted by Crippen LogP contribution is 2.30. The zero-order chi connectivity index (χ0) is 18.8. The van der Waals surface area contributed by atoms with Crippen LogP contribution in [0.1, 0.15) is 10.5 Å². The van der Waals surface area contributed by atoms with E-state index in [0.29, 0.717) is 22.9 Å². The number of amides is 1. The number of thiazole rings is 1. The van der Waals surface area contributed by atoms with E-state index in [4.69, 9.17) is 9.47 Å². The van der Waals surface area contributed by atoms with E-state index in [-0.39, 0.29) is 5.91 Å². The molecule has 0 atom stereocenters. The summed E-state index contributed by atoms with van der Waals surface area (Å²) in [6.07, 6.45) is 0. The summed E-state index contributed by atoms with van der Waals surface area (Å²) in [7, 11) is 3.12. The molecule has 0 radical (unpaired) electrons. The minimum Gasteiger partial charge on any atom is -0.497 e. The van der Waals surface area contributed by atoms with E-state index in [9.17, 15) is 4.79 Å². The summed E-state index contributed by atoms with van der Waals surface area (Å²) in [4.78, 5) is 20.4. The number of para-hydroxylation sites is 1. The molecule has 4 rings (SSSR count). The number of aromatic nitrogens is 2. The Kier molecular flexibility index (Phi) is 4.52. The number of carbonyl (C=O) groups excluding carboxylic acids is 1. The van der Waals surface area contributed by atoms with Crippen LogP contribution in [0.5, 0.6) is 11.5 Å². The van der Waals surface area contributed by atoms with Crippen LogP contribution in [0.4, 0.5) is 5.69 Å². The fraction of sp³-hybridized carbons (Fsp3) is 0.100. The maximum absolute atomic E-state index is 12.6. The Morgan fingerprint density at radius 1 is 1.11 bits per heavy atom. The van der Waals surface area contributed by atoms with Gasteiger partial charge in [-0.25, -0.2) is 4.98 Å². The zero-order valence-electron chi connectivity index (χ0n) is 14.8. The van der Waals surface area contributed by atoms with Gasteiger partial charge in [-0.3, -0.25) is 4.79 Å². The molecule has 1 amide bonds. The van der Waals surface area contributed by atoms with E-state index in [1.807, 2.05) is 30.3 Å². The number of hydrogen-bond donors (Lipinski definition) is 2. The molecule has 0 unspecified atom stereocenters. The first-order valence-electron chi connectivity index (χ1n) is 8.25. The first-order chi connectivity index (χ1) is 13.2. The number of fused-ring (bicyclic) bond motifs is 1. The molecule has 0 aliphatic rings. The normalized spacial score (nSPS) is 10.7. The predicted octanol–water partition coefficient (Wildman–Crippen LogP) is 4.56. The van der Waals surface area contributed by atoms with Gasteiger partial charge in [0.2, 0.25) is 0 Å². The number of nitrogens with zero attached hydrogens (tertiary/aromatic N) is 1. The minimum absolute atomic E-state index is 0.294. The van der Waals surface area contributed by atoms with Crippen LogP contribution in [0, 0.1) is 0 Å². The van der Waals surface area contributed by atoms with Crippen LogP contribution >= 0.6 is 11.3 Å². The fourth-order valence-corrected chi connectivity index (χ4v) is 3.55. The van der Waals surface area contributed by atoms with Crippen molar-refractivity contribution in [2.75, 3.05) is 19.5 Å². The van der Waals surface area contributed by atoms with Crippen LogP contribution in [0.3, 0.4) is 0 Å². The second-order valence-electron chi connectivity index (χ2n) is 5.83. The van der Waals surface area contributed by atoms with E-state index >= 15 is 0 Å². The number of ether oxygens (including phenoxy) is 2. The van der Waals surface area contributed by atoms with Crippen LogP contribution in [0.25, 0.3) is 21.6 Å². The molecule has 0 bridgehead atoms. The van der Waals surface area contributed by atoms with Crippen molar-refractivity contribution in [1.82, 2.24) is 9.97 Å². The molecule has 0 aliphatic carbocycles. The summed E-state index contributed by atoms with van der Waals surface area (Å²) >= 11 is 1.42. The number of rotatable bonds is 5. The van der Waals surface area contributed by atoms with E-state index < -0.39 is 0 Å². The smallest absolute Gasteiger partial charge is 0.275 e. The largest absolute Gasteiger partial charge is 0.497 e. The van der Waals surface area contributed by atoms with Crippen LogP contribution in [0.2, 0.25) is 0 Å². The molecule has 0 saturated heterocycles. The molecule has 6 nitrogen and oxygen atoms in total. The number of anilines is 1. The Morgan fingerprint density at radius 3 is 2.74 bits per heavy atom. The molecule has 136 valence electrons. The van der Waals surface area contributed by atoms with Crippen molar-refractivity contribution in [2.24, 2.45) is 0 Å². The minimum atomic E-state index is -0.294. The summed E-state index contributed by atoms with van der Waals surface area (Å²) < 4.78 is 10.5. The maximum atomic E-state index is 12.6. The highest BCUT2D eigenvalue weighted by Gasteiger charge is 2.15. The lowest BCUT2D eigenvalue weighted by Gasteiger charge is -2.10. The molecule has 4 aromatic rings. The molecule has 0 fully saturated rings. The van der Waals surface area contributed by atoms with Crippen molar-refractivity contribution in [1.29, 1.82) is 0 Å². The average molecular weight is 379 g/mol. The molecule has 0 saturated carbocycles. The number of H-pyrrole nitrogens is 1. The van der Waals surface area contributed by atoms with Crippen LogP contribution < -0.4 is 14.8 Å². The van der Waals surface area contributed by atoms with Gasteiger partial charge in [0, 0.05) is 22.3 Å². The second-order valence-corrected chi connectivity index (χ2v) is 6.69. The fourth-order valence-electron chi connectivity index (χ4n) is 2.78. The van der Waals surface area contributed by atoms with E-state index in [2.05, 4.69) is 15.3 Å². The monoisotopic (exact) mass is 379 g/mol. The number of nitrogens with one attached hydrogen (secondary N) is 2. The van der Waals surface area contributed by atoms with E-state index in [1.54, 1.807) is 37.8 Å². The first kappa shape index (κ1) is 17.1. The highest BCUT2D eigenvalue weighted by molar-refractivity contribution is 7.13. The topological polar surface area (TPSA) is 76.2 Å². The number of carbonyl (C=O) groups is 1. The number of hydrogen-bond acceptors (Lipinski definition) is 5. The van der Waals surface area contributed by atoms with Crippen molar-refractivity contribution >= 4 is 33.8 Å². The number of benzene rings is 2. The van der Waals surface area contributed by atoms with Crippen LogP contribution in [-0.2, 0) is 0 Å². The van der Waals surface area contributed by atoms with Gasteiger partial charge in [-0.2, -0.15) is 0 Å². The van der Waals surface area contributed by atoms with E-state index in [0.717, 1.165) is 21.6 Å². The van der Waals surface area contributed by atoms with E-state index in [1.165, 1.54) is 11.3 Å². The molecule has 7 heteroatoms. The molecule has 27 heavy (non-hydrogen) atoms. The molecule has 2 heterocycles. The van der Waals surface area contributed by atoms with Gasteiger partial charge in [-0.1, -0.05) is 18.2 Å². The second kappa shape index (κ2) is 7.13.